The lowest BCUT2D eigenvalue weighted by Crippen LogP contribution is -2.23. The van der Waals surface area contributed by atoms with Gasteiger partial charge in [0, 0.05) is 31.0 Å². The van der Waals surface area contributed by atoms with E-state index >= 15 is 0 Å². The van der Waals surface area contributed by atoms with E-state index < -0.39 is 0 Å². The molecule has 5 heteroatoms. The van der Waals surface area contributed by atoms with Gasteiger partial charge in [-0.3, -0.25) is 4.98 Å². The number of aromatic nitrogens is 3. The Balaban J connectivity index is 2.45. The second-order valence-corrected chi connectivity index (χ2v) is 4.17. The van der Waals surface area contributed by atoms with Crippen molar-refractivity contribution in [2.45, 2.75) is 13.8 Å². The van der Waals surface area contributed by atoms with Crippen LogP contribution in [0.25, 0.3) is 11.1 Å². The van der Waals surface area contributed by atoms with E-state index in [-0.39, 0.29) is 0 Å². The maximum Gasteiger partial charge on any atom is 0.159 e. The first-order chi connectivity index (χ1) is 8.76. The highest BCUT2D eigenvalue weighted by Crippen LogP contribution is 2.27. The Bertz CT molecular complexity index is 512. The fourth-order valence-corrected chi connectivity index (χ4v) is 2.00. The third kappa shape index (κ3) is 2.59. The number of pyridine rings is 1. The third-order valence-corrected chi connectivity index (χ3v) is 3.09. The Morgan fingerprint density at radius 3 is 2.39 bits per heavy atom. The summed E-state index contributed by atoms with van der Waals surface area (Å²) in [5.41, 5.74) is 1.88. The molecule has 0 atom stereocenters. The molecule has 0 bridgehead atoms. The zero-order chi connectivity index (χ0) is 13.0. The Morgan fingerprint density at radius 1 is 1.11 bits per heavy atom. The molecule has 0 aliphatic rings. The van der Waals surface area contributed by atoms with Crippen LogP contribution in [0.4, 0.5) is 5.82 Å². The first-order valence-corrected chi connectivity index (χ1v) is 6.32. The van der Waals surface area contributed by atoms with Crippen molar-refractivity contribution in [3.63, 3.8) is 0 Å². The van der Waals surface area contributed by atoms with Gasteiger partial charge in [0.25, 0.3) is 0 Å². The predicted molar refractivity (Wildman–Crippen MR) is 73.8 cm³/mol. The quantitative estimate of drug-likeness (QED) is 0.849. The van der Waals surface area contributed by atoms with E-state index in [1.54, 1.807) is 12.4 Å². The van der Waals surface area contributed by atoms with E-state index in [0.29, 0.717) is 5.15 Å². The minimum Gasteiger partial charge on any atom is -0.356 e. The second kappa shape index (κ2) is 5.78. The van der Waals surface area contributed by atoms with Crippen molar-refractivity contribution >= 4 is 17.4 Å². The molecule has 0 aliphatic heterocycles. The van der Waals surface area contributed by atoms with Crippen molar-refractivity contribution in [2.24, 2.45) is 0 Å². The molecule has 2 heterocycles. The molecule has 2 aromatic heterocycles. The van der Waals surface area contributed by atoms with Gasteiger partial charge in [0.15, 0.2) is 11.0 Å². The van der Waals surface area contributed by atoms with Gasteiger partial charge in [0.2, 0.25) is 0 Å². The number of rotatable bonds is 4. The van der Waals surface area contributed by atoms with Crippen LogP contribution in [-0.2, 0) is 0 Å². The van der Waals surface area contributed by atoms with Crippen LogP contribution in [0, 0.1) is 0 Å². The second-order valence-electron chi connectivity index (χ2n) is 3.82. The zero-order valence-electron chi connectivity index (χ0n) is 10.5. The predicted octanol–water partition coefficient (Wildman–Crippen LogP) is 3.04. The molecule has 0 radical (unpaired) electrons. The molecule has 0 unspecified atom stereocenters. The van der Waals surface area contributed by atoms with Gasteiger partial charge in [0.1, 0.15) is 0 Å². The summed E-state index contributed by atoms with van der Waals surface area (Å²) in [6.07, 6.45) is 3.48. The smallest absolute Gasteiger partial charge is 0.159 e. The van der Waals surface area contributed by atoms with Crippen LogP contribution in [0.3, 0.4) is 0 Å². The molecule has 0 amide bonds. The number of hydrogen-bond donors (Lipinski definition) is 0. The average Bonchev–Trinajstić information content (AvgIpc) is 2.43. The van der Waals surface area contributed by atoms with Gasteiger partial charge in [0.05, 0.1) is 0 Å². The van der Waals surface area contributed by atoms with Crippen LogP contribution < -0.4 is 4.90 Å². The van der Waals surface area contributed by atoms with Crippen molar-refractivity contribution in [1.82, 2.24) is 15.2 Å². The monoisotopic (exact) mass is 262 g/mol. The summed E-state index contributed by atoms with van der Waals surface area (Å²) in [6.45, 7) is 5.96. The molecule has 0 N–H and O–H groups in total. The van der Waals surface area contributed by atoms with Crippen LogP contribution in [0.15, 0.2) is 30.6 Å². The SMILES string of the molecule is CCN(CC)c1cc(-c2ccncc2)c(Cl)nn1. The number of anilines is 1. The van der Waals surface area contributed by atoms with E-state index in [9.17, 15) is 0 Å². The van der Waals surface area contributed by atoms with E-state index in [1.807, 2.05) is 18.2 Å². The lowest BCUT2D eigenvalue weighted by Gasteiger charge is -2.19. The van der Waals surface area contributed by atoms with Crippen LogP contribution in [0.5, 0.6) is 0 Å². The summed E-state index contributed by atoms with van der Waals surface area (Å²) in [4.78, 5) is 6.13. The molecule has 18 heavy (non-hydrogen) atoms. The normalized spacial score (nSPS) is 10.4. The van der Waals surface area contributed by atoms with Crippen LogP contribution in [0.1, 0.15) is 13.8 Å². The lowest BCUT2D eigenvalue weighted by molar-refractivity contribution is 0.825. The van der Waals surface area contributed by atoms with Crippen molar-refractivity contribution in [2.75, 3.05) is 18.0 Å². The molecule has 0 spiro atoms. The summed E-state index contributed by atoms with van der Waals surface area (Å²) in [5.74, 6) is 0.844. The number of hydrogen-bond acceptors (Lipinski definition) is 4. The van der Waals surface area contributed by atoms with Crippen LogP contribution in [-0.4, -0.2) is 28.3 Å². The Kier molecular flexibility index (Phi) is 4.10. The minimum atomic E-state index is 0.414. The summed E-state index contributed by atoms with van der Waals surface area (Å²) < 4.78 is 0. The Labute approximate surface area is 112 Å². The molecule has 94 valence electrons. The molecule has 0 aliphatic carbocycles. The topological polar surface area (TPSA) is 41.9 Å². The van der Waals surface area contributed by atoms with E-state index in [4.69, 9.17) is 11.6 Å². The molecule has 0 saturated heterocycles. The fraction of sp³-hybridized carbons (Fsp3) is 0.308. The van der Waals surface area contributed by atoms with Gasteiger partial charge in [-0.2, -0.15) is 0 Å². The van der Waals surface area contributed by atoms with E-state index in [2.05, 4.69) is 33.9 Å². The summed E-state index contributed by atoms with van der Waals surface area (Å²) in [6, 6.07) is 5.79. The molecule has 2 aromatic rings. The Hall–Kier alpha value is -1.68. The summed E-state index contributed by atoms with van der Waals surface area (Å²) in [5, 5.41) is 8.57. The third-order valence-electron chi connectivity index (χ3n) is 2.81. The van der Waals surface area contributed by atoms with Gasteiger partial charge in [-0.05, 0) is 37.6 Å². The molecular formula is C13H15ClN4. The van der Waals surface area contributed by atoms with Gasteiger partial charge in [-0.15, -0.1) is 10.2 Å². The van der Waals surface area contributed by atoms with Crippen molar-refractivity contribution in [1.29, 1.82) is 0 Å². The molecule has 2 rings (SSSR count). The van der Waals surface area contributed by atoms with Gasteiger partial charge >= 0.3 is 0 Å². The molecule has 0 fully saturated rings. The van der Waals surface area contributed by atoms with Gasteiger partial charge in [-0.25, -0.2) is 0 Å². The molecule has 0 saturated carbocycles. The first kappa shape index (κ1) is 12.8. The van der Waals surface area contributed by atoms with E-state index in [1.165, 1.54) is 0 Å². The highest BCUT2D eigenvalue weighted by molar-refractivity contribution is 6.32. The molecule has 4 nitrogen and oxygen atoms in total. The van der Waals surface area contributed by atoms with Crippen LogP contribution in [0.2, 0.25) is 5.15 Å². The van der Waals surface area contributed by atoms with Crippen molar-refractivity contribution < 1.29 is 0 Å². The van der Waals surface area contributed by atoms with Gasteiger partial charge in [-0.1, -0.05) is 11.6 Å². The number of halogens is 1. The standard InChI is InChI=1S/C13H15ClN4/c1-3-18(4-2)12-9-11(13(14)17-16-12)10-5-7-15-8-6-10/h5-9H,3-4H2,1-2H3. The van der Waals surface area contributed by atoms with Crippen molar-refractivity contribution in [3.8, 4) is 11.1 Å². The molecule has 0 aromatic carbocycles. The lowest BCUT2D eigenvalue weighted by atomic mass is 10.1. The van der Waals surface area contributed by atoms with Gasteiger partial charge < -0.3 is 4.90 Å². The highest BCUT2D eigenvalue weighted by atomic mass is 35.5. The fourth-order valence-electron chi connectivity index (χ4n) is 1.80. The highest BCUT2D eigenvalue weighted by Gasteiger charge is 2.10. The maximum absolute atomic E-state index is 6.11. The van der Waals surface area contributed by atoms with Crippen LogP contribution >= 0.6 is 11.6 Å². The van der Waals surface area contributed by atoms with E-state index in [0.717, 1.165) is 30.0 Å². The minimum absolute atomic E-state index is 0.414. The summed E-state index contributed by atoms with van der Waals surface area (Å²) in [7, 11) is 0. The Morgan fingerprint density at radius 2 is 1.78 bits per heavy atom. The zero-order valence-corrected chi connectivity index (χ0v) is 11.2. The summed E-state index contributed by atoms with van der Waals surface area (Å²) >= 11 is 6.11. The first-order valence-electron chi connectivity index (χ1n) is 5.94. The average molecular weight is 263 g/mol. The molecular weight excluding hydrogens is 248 g/mol. The maximum atomic E-state index is 6.11. The largest absolute Gasteiger partial charge is 0.356 e. The van der Waals surface area contributed by atoms with Crippen molar-refractivity contribution in [3.05, 3.63) is 35.7 Å². The number of nitrogens with zero attached hydrogens (tertiary/aromatic N) is 4.